The lowest BCUT2D eigenvalue weighted by Gasteiger charge is -2.16. The van der Waals surface area contributed by atoms with Crippen LogP contribution in [0.15, 0.2) is 53.4 Å². The molecule has 0 saturated heterocycles. The van der Waals surface area contributed by atoms with E-state index in [1.165, 1.54) is 0 Å². The number of amides is 1. The van der Waals surface area contributed by atoms with Gasteiger partial charge in [0.05, 0.1) is 10.3 Å². The molecule has 0 radical (unpaired) electrons. The summed E-state index contributed by atoms with van der Waals surface area (Å²) in [5.41, 5.74) is 2.16. The first-order valence-electron chi connectivity index (χ1n) is 9.96. The Bertz CT molecular complexity index is 958. The van der Waals surface area contributed by atoms with E-state index in [1.54, 1.807) is 24.3 Å². The standard InChI is InChI=1S/C22H26N2O3S/c1-2-3-16-4-12-20(13-5-16)28(26,27)24-19-8-6-17(7-9-19)22(14-15-22)21(25)23-18-10-11-18/h4-9,12-13,18,24H,2-3,10-11,14-15H2,1H3,(H,23,25). The minimum Gasteiger partial charge on any atom is -0.353 e. The van der Waals surface area contributed by atoms with Gasteiger partial charge in [-0.2, -0.15) is 0 Å². The van der Waals surface area contributed by atoms with Gasteiger partial charge >= 0.3 is 0 Å². The number of aryl methyl sites for hydroxylation is 1. The van der Waals surface area contributed by atoms with Crippen molar-refractivity contribution in [1.82, 2.24) is 5.32 Å². The number of sulfonamides is 1. The molecule has 2 aromatic carbocycles. The number of nitrogens with one attached hydrogen (secondary N) is 2. The highest BCUT2D eigenvalue weighted by molar-refractivity contribution is 7.92. The van der Waals surface area contributed by atoms with E-state index in [4.69, 9.17) is 0 Å². The number of anilines is 1. The first-order valence-corrected chi connectivity index (χ1v) is 11.4. The number of carbonyl (C=O) groups excluding carboxylic acids is 1. The molecule has 148 valence electrons. The van der Waals surface area contributed by atoms with E-state index < -0.39 is 15.4 Å². The topological polar surface area (TPSA) is 75.3 Å². The molecule has 0 spiro atoms. The fourth-order valence-corrected chi connectivity index (χ4v) is 4.58. The molecule has 2 fully saturated rings. The van der Waals surface area contributed by atoms with Crippen LogP contribution in [0.1, 0.15) is 50.2 Å². The average molecular weight is 399 g/mol. The normalized spacial score (nSPS) is 17.8. The van der Waals surface area contributed by atoms with Crippen LogP contribution in [-0.4, -0.2) is 20.4 Å². The molecule has 2 saturated carbocycles. The summed E-state index contributed by atoms with van der Waals surface area (Å²) in [6.07, 6.45) is 5.80. The Kier molecular flexibility index (Phi) is 4.91. The SMILES string of the molecule is CCCc1ccc(S(=O)(=O)Nc2ccc(C3(C(=O)NC4CC4)CC3)cc2)cc1. The van der Waals surface area contributed by atoms with Gasteiger partial charge in [0.2, 0.25) is 5.91 Å². The van der Waals surface area contributed by atoms with Crippen LogP contribution in [0, 0.1) is 0 Å². The Balaban J connectivity index is 1.46. The minimum absolute atomic E-state index is 0.107. The van der Waals surface area contributed by atoms with Crippen molar-refractivity contribution < 1.29 is 13.2 Å². The minimum atomic E-state index is -3.63. The molecule has 2 aromatic rings. The third-order valence-corrected chi connectivity index (χ3v) is 6.96. The van der Waals surface area contributed by atoms with Gasteiger partial charge in [-0.1, -0.05) is 37.6 Å². The molecule has 0 atom stereocenters. The van der Waals surface area contributed by atoms with Crippen LogP contribution < -0.4 is 10.0 Å². The third-order valence-electron chi connectivity index (χ3n) is 5.56. The number of benzene rings is 2. The van der Waals surface area contributed by atoms with Crippen LogP contribution in [0.2, 0.25) is 0 Å². The van der Waals surface area contributed by atoms with Crippen LogP contribution >= 0.6 is 0 Å². The van der Waals surface area contributed by atoms with Crippen LogP contribution in [-0.2, 0) is 26.7 Å². The van der Waals surface area contributed by atoms with Gasteiger partial charge < -0.3 is 5.32 Å². The van der Waals surface area contributed by atoms with Gasteiger partial charge in [0.1, 0.15) is 0 Å². The molecule has 5 nitrogen and oxygen atoms in total. The van der Waals surface area contributed by atoms with E-state index in [1.807, 2.05) is 24.3 Å². The summed E-state index contributed by atoms with van der Waals surface area (Å²) >= 11 is 0. The molecule has 0 aliphatic heterocycles. The molecule has 0 unspecified atom stereocenters. The summed E-state index contributed by atoms with van der Waals surface area (Å²) in [5.74, 6) is 0.107. The lowest BCUT2D eigenvalue weighted by atomic mass is 9.95. The van der Waals surface area contributed by atoms with Gasteiger partial charge in [-0.3, -0.25) is 9.52 Å². The van der Waals surface area contributed by atoms with E-state index in [-0.39, 0.29) is 10.8 Å². The van der Waals surface area contributed by atoms with Crippen LogP contribution in [0.4, 0.5) is 5.69 Å². The second-order valence-electron chi connectivity index (χ2n) is 7.91. The Labute approximate surface area is 166 Å². The van der Waals surface area contributed by atoms with Gasteiger partial charge in [-0.05, 0) is 67.5 Å². The Hall–Kier alpha value is -2.34. The van der Waals surface area contributed by atoms with Crippen molar-refractivity contribution in [3.63, 3.8) is 0 Å². The largest absolute Gasteiger partial charge is 0.353 e. The molecule has 0 bridgehead atoms. The summed E-state index contributed by atoms with van der Waals surface area (Å²) in [6, 6.07) is 14.5. The molecule has 2 N–H and O–H groups in total. The van der Waals surface area contributed by atoms with E-state index in [9.17, 15) is 13.2 Å². The van der Waals surface area contributed by atoms with Gasteiger partial charge in [0.25, 0.3) is 10.0 Å². The quantitative estimate of drug-likeness (QED) is 0.711. The summed E-state index contributed by atoms with van der Waals surface area (Å²) < 4.78 is 27.9. The average Bonchev–Trinajstić information content (AvgIpc) is 3.58. The van der Waals surface area contributed by atoms with Crippen LogP contribution in [0.3, 0.4) is 0 Å². The highest BCUT2D eigenvalue weighted by Crippen LogP contribution is 2.49. The molecule has 2 aliphatic carbocycles. The maximum Gasteiger partial charge on any atom is 0.261 e. The van der Waals surface area contributed by atoms with E-state index in [2.05, 4.69) is 17.0 Å². The molecule has 0 heterocycles. The zero-order chi connectivity index (χ0) is 19.8. The second kappa shape index (κ2) is 7.24. The maximum atomic E-state index is 12.6. The van der Waals surface area contributed by atoms with Crippen molar-refractivity contribution in [2.75, 3.05) is 4.72 Å². The van der Waals surface area contributed by atoms with Crippen molar-refractivity contribution in [2.24, 2.45) is 0 Å². The third kappa shape index (κ3) is 3.92. The molecule has 1 amide bonds. The van der Waals surface area contributed by atoms with E-state index in [0.717, 1.165) is 49.7 Å². The van der Waals surface area contributed by atoms with Crippen molar-refractivity contribution in [3.8, 4) is 0 Å². The molecule has 0 aromatic heterocycles. The molecular formula is C22H26N2O3S. The van der Waals surface area contributed by atoms with Gasteiger partial charge in [-0.15, -0.1) is 0 Å². The fraction of sp³-hybridized carbons (Fsp3) is 0.409. The zero-order valence-corrected chi connectivity index (χ0v) is 16.9. The molecular weight excluding hydrogens is 372 g/mol. The second-order valence-corrected chi connectivity index (χ2v) is 9.59. The molecule has 4 rings (SSSR count). The Morgan fingerprint density at radius 3 is 2.21 bits per heavy atom. The van der Waals surface area contributed by atoms with Crippen molar-refractivity contribution >= 4 is 21.6 Å². The van der Waals surface area contributed by atoms with Gasteiger partial charge in [0.15, 0.2) is 0 Å². The molecule has 6 heteroatoms. The smallest absolute Gasteiger partial charge is 0.261 e. The van der Waals surface area contributed by atoms with Crippen LogP contribution in [0.25, 0.3) is 0 Å². The van der Waals surface area contributed by atoms with E-state index >= 15 is 0 Å². The highest BCUT2D eigenvalue weighted by atomic mass is 32.2. The van der Waals surface area contributed by atoms with Crippen molar-refractivity contribution in [1.29, 1.82) is 0 Å². The molecule has 28 heavy (non-hydrogen) atoms. The van der Waals surface area contributed by atoms with Crippen molar-refractivity contribution in [2.45, 2.75) is 61.8 Å². The Morgan fingerprint density at radius 2 is 1.68 bits per heavy atom. The van der Waals surface area contributed by atoms with Gasteiger partial charge in [0, 0.05) is 11.7 Å². The first-order chi connectivity index (χ1) is 13.4. The summed E-state index contributed by atoms with van der Waals surface area (Å²) in [7, 11) is -3.63. The van der Waals surface area contributed by atoms with E-state index in [0.29, 0.717) is 11.7 Å². The fourth-order valence-electron chi connectivity index (χ4n) is 3.52. The lowest BCUT2D eigenvalue weighted by Crippen LogP contribution is -2.36. The summed E-state index contributed by atoms with van der Waals surface area (Å²) in [4.78, 5) is 12.8. The lowest BCUT2D eigenvalue weighted by molar-refractivity contribution is -0.123. The number of carbonyl (C=O) groups is 1. The summed E-state index contributed by atoms with van der Waals surface area (Å²) in [6.45, 7) is 2.09. The van der Waals surface area contributed by atoms with Crippen LogP contribution in [0.5, 0.6) is 0 Å². The highest BCUT2D eigenvalue weighted by Gasteiger charge is 2.52. The zero-order valence-electron chi connectivity index (χ0n) is 16.1. The van der Waals surface area contributed by atoms with Crippen molar-refractivity contribution in [3.05, 3.63) is 59.7 Å². The first kappa shape index (κ1) is 19.0. The maximum absolute atomic E-state index is 12.6. The summed E-state index contributed by atoms with van der Waals surface area (Å²) in [5, 5.41) is 3.09. The van der Waals surface area contributed by atoms with Gasteiger partial charge in [-0.25, -0.2) is 8.42 Å². The molecule has 2 aliphatic rings. The predicted octanol–water partition coefficient (Wildman–Crippen LogP) is 3.75. The monoisotopic (exact) mass is 398 g/mol. The number of hydrogen-bond acceptors (Lipinski definition) is 3. The number of hydrogen-bond donors (Lipinski definition) is 2. The predicted molar refractivity (Wildman–Crippen MR) is 110 cm³/mol. The Morgan fingerprint density at radius 1 is 1.04 bits per heavy atom. The number of rotatable bonds is 8.